The molecular weight excluding hydrogens is 300 g/mol. The lowest BCUT2D eigenvalue weighted by atomic mass is 9.96. The van der Waals surface area contributed by atoms with Gasteiger partial charge in [-0.2, -0.15) is 0 Å². The molecule has 0 unspecified atom stereocenters. The molecule has 2 saturated heterocycles. The smallest absolute Gasteiger partial charge is 0.135 e. The van der Waals surface area contributed by atoms with Gasteiger partial charge in [0.05, 0.1) is 16.3 Å². The van der Waals surface area contributed by atoms with Crippen molar-refractivity contribution < 1.29 is 9.53 Å². The lowest BCUT2D eigenvalue weighted by Gasteiger charge is -2.47. The van der Waals surface area contributed by atoms with Crippen LogP contribution < -0.4 is 0 Å². The molecule has 0 radical (unpaired) electrons. The molecule has 0 bridgehead atoms. The first-order chi connectivity index (χ1) is 10.2. The van der Waals surface area contributed by atoms with E-state index in [1.807, 2.05) is 6.92 Å². The van der Waals surface area contributed by atoms with Gasteiger partial charge in [0, 0.05) is 12.8 Å². The molecule has 2 atom stereocenters. The lowest BCUT2D eigenvalue weighted by molar-refractivity contribution is -0.125. The molecule has 0 aromatic carbocycles. The van der Waals surface area contributed by atoms with Gasteiger partial charge in [0.2, 0.25) is 0 Å². The van der Waals surface area contributed by atoms with Crippen LogP contribution in [-0.4, -0.2) is 33.6 Å². The van der Waals surface area contributed by atoms with Crippen LogP contribution in [0, 0.1) is 0 Å². The van der Waals surface area contributed by atoms with E-state index in [2.05, 4.69) is 30.4 Å². The summed E-state index contributed by atoms with van der Waals surface area (Å²) >= 11 is 4.26. The summed E-state index contributed by atoms with van der Waals surface area (Å²) in [6.07, 6.45) is 10.4. The number of hydrogen-bond donors (Lipinski definition) is 0. The average molecular weight is 331 g/mol. The van der Waals surface area contributed by atoms with Crippen LogP contribution in [0.5, 0.6) is 0 Å². The Labute approximate surface area is 138 Å². The Morgan fingerprint density at radius 1 is 1.24 bits per heavy atom. The van der Waals surface area contributed by atoms with E-state index in [0.29, 0.717) is 24.7 Å². The summed E-state index contributed by atoms with van der Waals surface area (Å²) in [6.45, 7) is 4.21. The summed E-state index contributed by atoms with van der Waals surface area (Å²) in [5.41, 5.74) is 0. The van der Waals surface area contributed by atoms with Crippen molar-refractivity contribution in [1.82, 2.24) is 0 Å². The molecule has 4 heteroatoms. The summed E-state index contributed by atoms with van der Waals surface area (Å²) in [6, 6.07) is 0. The Kier molecular flexibility index (Phi) is 7.43. The van der Waals surface area contributed by atoms with Gasteiger partial charge in [-0.05, 0) is 37.2 Å². The molecule has 0 saturated carbocycles. The Hall–Kier alpha value is 0.330. The maximum absolute atomic E-state index is 11.7. The first-order valence-corrected chi connectivity index (χ1v) is 10.6. The molecule has 21 heavy (non-hydrogen) atoms. The van der Waals surface area contributed by atoms with Crippen LogP contribution in [0.4, 0.5) is 0 Å². The molecule has 2 fully saturated rings. The highest BCUT2D eigenvalue weighted by Gasteiger charge is 2.46. The molecule has 0 aliphatic carbocycles. The van der Waals surface area contributed by atoms with Crippen LogP contribution in [0.3, 0.4) is 0 Å². The third-order valence-corrected chi connectivity index (χ3v) is 8.17. The highest BCUT2D eigenvalue weighted by Crippen LogP contribution is 2.53. The summed E-state index contributed by atoms with van der Waals surface area (Å²) in [4.78, 5) is 11.7. The van der Waals surface area contributed by atoms with Crippen LogP contribution in [-0.2, 0) is 9.53 Å². The Balaban J connectivity index is 1.96. The van der Waals surface area contributed by atoms with E-state index in [-0.39, 0.29) is 10.2 Å². The number of carbonyl (C=O) groups excluding carboxylic acids is 1. The van der Waals surface area contributed by atoms with Gasteiger partial charge in [0.1, 0.15) is 5.78 Å². The topological polar surface area (TPSA) is 26.3 Å². The van der Waals surface area contributed by atoms with E-state index in [0.717, 1.165) is 6.42 Å². The molecule has 2 heterocycles. The number of rotatable bonds is 7. The fraction of sp³-hybridized carbons (Fsp3) is 0.941. The maximum Gasteiger partial charge on any atom is 0.135 e. The van der Waals surface area contributed by atoms with E-state index >= 15 is 0 Å². The van der Waals surface area contributed by atoms with Crippen LogP contribution in [0.25, 0.3) is 0 Å². The van der Waals surface area contributed by atoms with E-state index in [1.54, 1.807) is 0 Å². The van der Waals surface area contributed by atoms with Crippen molar-refractivity contribution in [3.05, 3.63) is 0 Å². The third kappa shape index (κ3) is 4.90. The second kappa shape index (κ2) is 8.83. The predicted molar refractivity (Wildman–Crippen MR) is 94.2 cm³/mol. The summed E-state index contributed by atoms with van der Waals surface area (Å²) in [7, 11) is 0. The predicted octanol–water partition coefficient (Wildman–Crippen LogP) is 5.05. The molecule has 2 aliphatic rings. The first-order valence-electron chi connectivity index (χ1n) is 8.65. The second-order valence-electron chi connectivity index (χ2n) is 6.24. The monoisotopic (exact) mass is 330 g/mol. The molecule has 1 spiro atoms. The highest BCUT2D eigenvalue weighted by molar-refractivity contribution is 8.18. The maximum atomic E-state index is 11.7. The molecule has 0 N–H and O–H groups in total. The van der Waals surface area contributed by atoms with Crippen molar-refractivity contribution in [3.63, 3.8) is 0 Å². The Morgan fingerprint density at radius 3 is 2.67 bits per heavy atom. The number of carbonyl (C=O) groups is 1. The van der Waals surface area contributed by atoms with Gasteiger partial charge in [-0.3, -0.25) is 4.79 Å². The van der Waals surface area contributed by atoms with Gasteiger partial charge in [-0.15, -0.1) is 23.5 Å². The molecule has 0 aromatic rings. The molecule has 0 amide bonds. The quantitative estimate of drug-likeness (QED) is 0.610. The van der Waals surface area contributed by atoms with Crippen LogP contribution in [0.15, 0.2) is 0 Å². The fourth-order valence-electron chi connectivity index (χ4n) is 3.26. The second-order valence-corrected chi connectivity index (χ2v) is 9.35. The zero-order valence-corrected chi connectivity index (χ0v) is 15.2. The minimum Gasteiger partial charge on any atom is -0.372 e. The van der Waals surface area contributed by atoms with Gasteiger partial charge < -0.3 is 4.74 Å². The average Bonchev–Trinajstić information content (AvgIpc) is 2.51. The lowest BCUT2D eigenvalue weighted by Crippen LogP contribution is -2.47. The van der Waals surface area contributed by atoms with Gasteiger partial charge >= 0.3 is 0 Å². The molecular formula is C17H30O2S2. The minimum atomic E-state index is 0.179. The van der Waals surface area contributed by atoms with Gasteiger partial charge in [-0.1, -0.05) is 33.1 Å². The van der Waals surface area contributed by atoms with Crippen molar-refractivity contribution in [2.75, 3.05) is 11.5 Å². The molecule has 2 aliphatic heterocycles. The Bertz CT molecular complexity index is 327. The van der Waals surface area contributed by atoms with E-state index in [1.165, 1.54) is 50.0 Å². The zero-order valence-electron chi connectivity index (χ0n) is 13.6. The fourth-order valence-corrected chi connectivity index (χ4v) is 6.79. The largest absolute Gasteiger partial charge is 0.372 e. The van der Waals surface area contributed by atoms with E-state index in [4.69, 9.17) is 4.74 Å². The third-order valence-electron chi connectivity index (χ3n) is 4.56. The Morgan fingerprint density at radius 2 is 2.00 bits per heavy atom. The van der Waals surface area contributed by atoms with Crippen LogP contribution in [0.1, 0.15) is 71.6 Å². The van der Waals surface area contributed by atoms with Gasteiger partial charge in [0.15, 0.2) is 0 Å². The summed E-state index contributed by atoms with van der Waals surface area (Å²) in [5, 5.41) is 0. The minimum absolute atomic E-state index is 0.179. The highest BCUT2D eigenvalue weighted by atomic mass is 32.2. The summed E-state index contributed by atoms with van der Waals surface area (Å²) in [5.74, 6) is 2.91. The van der Waals surface area contributed by atoms with Crippen molar-refractivity contribution in [2.45, 2.75) is 87.9 Å². The van der Waals surface area contributed by atoms with Crippen LogP contribution >= 0.6 is 23.5 Å². The van der Waals surface area contributed by atoms with Crippen LogP contribution in [0.2, 0.25) is 0 Å². The number of thioether (sulfide) groups is 2. The number of ketones is 1. The molecule has 0 aromatic heterocycles. The molecule has 2 rings (SSSR count). The van der Waals surface area contributed by atoms with Crippen molar-refractivity contribution >= 4 is 29.3 Å². The standard InChI is InChI=1S/C17H30O2S2/c1-3-5-6-8-16-17(20-11-7-12-21-17)10-9-15(19-16)13-14(18)4-2/h15-16H,3-13H2,1-2H3/t15-,16+/m0/s1. The normalized spacial score (nSPS) is 28.7. The zero-order chi connectivity index (χ0) is 15.1. The number of Topliss-reactive ketones (excluding diaryl/α,β-unsaturated/α-hetero) is 1. The number of hydrogen-bond acceptors (Lipinski definition) is 4. The number of unbranched alkanes of at least 4 members (excludes halogenated alkanes) is 2. The number of ether oxygens (including phenoxy) is 1. The van der Waals surface area contributed by atoms with Crippen molar-refractivity contribution in [3.8, 4) is 0 Å². The first kappa shape index (κ1) is 17.7. The van der Waals surface area contributed by atoms with Gasteiger partial charge in [0.25, 0.3) is 0 Å². The van der Waals surface area contributed by atoms with Gasteiger partial charge in [-0.25, -0.2) is 0 Å². The molecule has 122 valence electrons. The SMILES string of the molecule is CCCCC[C@H]1O[C@H](CC(=O)CC)CCC12SCCCS2. The van der Waals surface area contributed by atoms with E-state index < -0.39 is 0 Å². The molecule has 2 nitrogen and oxygen atoms in total. The van der Waals surface area contributed by atoms with Crippen molar-refractivity contribution in [1.29, 1.82) is 0 Å². The summed E-state index contributed by atoms with van der Waals surface area (Å²) < 4.78 is 6.73. The van der Waals surface area contributed by atoms with E-state index in [9.17, 15) is 4.79 Å². The van der Waals surface area contributed by atoms with Crippen molar-refractivity contribution in [2.24, 2.45) is 0 Å².